The predicted molar refractivity (Wildman–Crippen MR) is 105 cm³/mol. The molecule has 8 heteroatoms. The molecule has 0 unspecified atom stereocenters. The standard InChI is InChI=1S/C19H19N7O/c1-21-19(22-2)26-12-13(9-14(26)10-20)15-11-24-18-17(15)16(3-4-23-18)25-5-7-27-8-6-25/h3-4,9,11-12,19H,1-2,5-8H2,(H,23,24). The number of nitrogens with zero attached hydrogens (tertiary/aromatic N) is 6. The van der Waals surface area contributed by atoms with Crippen LogP contribution in [0.1, 0.15) is 12.0 Å². The van der Waals surface area contributed by atoms with E-state index in [9.17, 15) is 5.26 Å². The lowest BCUT2D eigenvalue weighted by Gasteiger charge is -2.29. The van der Waals surface area contributed by atoms with Gasteiger partial charge in [0.25, 0.3) is 0 Å². The van der Waals surface area contributed by atoms with Crippen molar-refractivity contribution in [3.8, 4) is 17.2 Å². The number of hydrogen-bond acceptors (Lipinski definition) is 6. The zero-order valence-electron chi connectivity index (χ0n) is 14.8. The Morgan fingerprint density at radius 3 is 2.78 bits per heavy atom. The first kappa shape index (κ1) is 17.0. The summed E-state index contributed by atoms with van der Waals surface area (Å²) in [6.45, 7) is 10.1. The molecule has 4 rings (SSSR count). The van der Waals surface area contributed by atoms with Gasteiger partial charge < -0.3 is 14.6 Å². The van der Waals surface area contributed by atoms with Crippen LogP contribution in [0.4, 0.5) is 5.69 Å². The minimum absolute atomic E-state index is 0.445. The zero-order valence-corrected chi connectivity index (χ0v) is 14.8. The number of hydrogen-bond donors (Lipinski definition) is 1. The molecule has 27 heavy (non-hydrogen) atoms. The first-order chi connectivity index (χ1) is 13.3. The van der Waals surface area contributed by atoms with Gasteiger partial charge in [-0.05, 0) is 25.6 Å². The van der Waals surface area contributed by atoms with Gasteiger partial charge in [0.15, 0.2) is 0 Å². The lowest BCUT2D eigenvalue weighted by atomic mass is 10.1. The molecule has 3 aromatic rings. The number of morpholine rings is 1. The zero-order chi connectivity index (χ0) is 18.8. The molecule has 0 spiro atoms. The smallest absolute Gasteiger partial charge is 0.219 e. The van der Waals surface area contributed by atoms with Crippen molar-refractivity contribution < 1.29 is 4.74 Å². The highest BCUT2D eigenvalue weighted by Crippen LogP contribution is 2.36. The van der Waals surface area contributed by atoms with E-state index in [4.69, 9.17) is 4.74 Å². The average Bonchev–Trinajstić information content (AvgIpc) is 3.33. The van der Waals surface area contributed by atoms with Gasteiger partial charge in [-0.25, -0.2) is 4.98 Å². The van der Waals surface area contributed by atoms with Crippen LogP contribution in [0.15, 0.2) is 40.7 Å². The third-order valence-corrected chi connectivity index (χ3v) is 4.75. The topological polar surface area (TPSA) is 94.6 Å². The molecule has 8 nitrogen and oxygen atoms in total. The van der Waals surface area contributed by atoms with E-state index in [2.05, 4.69) is 44.4 Å². The van der Waals surface area contributed by atoms with E-state index in [1.54, 1.807) is 10.8 Å². The van der Waals surface area contributed by atoms with Gasteiger partial charge in [0.05, 0.1) is 18.9 Å². The first-order valence-corrected chi connectivity index (χ1v) is 8.59. The fraction of sp³-hybridized carbons (Fsp3) is 0.263. The van der Waals surface area contributed by atoms with Crippen molar-refractivity contribution in [1.29, 1.82) is 5.26 Å². The summed E-state index contributed by atoms with van der Waals surface area (Å²) in [5.74, 6) is 0. The Hall–Kier alpha value is -3.44. The maximum Gasteiger partial charge on any atom is 0.219 e. The molecule has 3 aromatic heterocycles. The van der Waals surface area contributed by atoms with Gasteiger partial charge in [0, 0.05) is 48.2 Å². The number of aliphatic imine (C=N–C) groups is 2. The van der Waals surface area contributed by atoms with E-state index >= 15 is 0 Å². The van der Waals surface area contributed by atoms with Crippen molar-refractivity contribution in [2.24, 2.45) is 9.98 Å². The average molecular weight is 361 g/mol. The van der Waals surface area contributed by atoms with Crippen LogP contribution in [0, 0.1) is 11.3 Å². The molecular formula is C19H19N7O. The summed E-state index contributed by atoms with van der Waals surface area (Å²) in [6, 6.07) is 6.03. The van der Waals surface area contributed by atoms with Crippen LogP contribution in [-0.4, -0.2) is 54.3 Å². The highest BCUT2D eigenvalue weighted by molar-refractivity contribution is 6.02. The van der Waals surface area contributed by atoms with Crippen molar-refractivity contribution in [2.75, 3.05) is 31.2 Å². The third kappa shape index (κ3) is 2.88. The summed E-state index contributed by atoms with van der Waals surface area (Å²) >= 11 is 0. The molecule has 136 valence electrons. The highest BCUT2D eigenvalue weighted by atomic mass is 16.5. The summed E-state index contributed by atoms with van der Waals surface area (Å²) < 4.78 is 7.14. The summed E-state index contributed by atoms with van der Waals surface area (Å²) in [5.41, 5.74) is 4.21. The molecule has 4 heterocycles. The lowest BCUT2D eigenvalue weighted by molar-refractivity contribution is 0.123. The second-order valence-electron chi connectivity index (χ2n) is 6.20. The first-order valence-electron chi connectivity index (χ1n) is 8.59. The van der Waals surface area contributed by atoms with E-state index in [-0.39, 0.29) is 0 Å². The number of aromatic nitrogens is 3. The van der Waals surface area contributed by atoms with Crippen molar-refractivity contribution >= 4 is 30.2 Å². The number of ether oxygens (including phenoxy) is 1. The van der Waals surface area contributed by atoms with E-state index in [1.165, 1.54) is 0 Å². The van der Waals surface area contributed by atoms with Crippen LogP contribution in [0.25, 0.3) is 22.2 Å². The van der Waals surface area contributed by atoms with Crippen LogP contribution in [-0.2, 0) is 4.74 Å². The predicted octanol–water partition coefficient (Wildman–Crippen LogP) is 2.60. The van der Waals surface area contributed by atoms with Gasteiger partial charge in [-0.2, -0.15) is 5.26 Å². The Bertz CT molecular complexity index is 1030. The van der Waals surface area contributed by atoms with Crippen molar-refractivity contribution in [3.05, 3.63) is 36.4 Å². The van der Waals surface area contributed by atoms with Gasteiger partial charge in [-0.1, -0.05) is 0 Å². The molecule has 1 aliphatic rings. The number of anilines is 1. The fourth-order valence-corrected chi connectivity index (χ4v) is 3.48. The van der Waals surface area contributed by atoms with Crippen LogP contribution in [0.3, 0.4) is 0 Å². The number of aromatic amines is 1. The monoisotopic (exact) mass is 361 g/mol. The normalized spacial score (nSPS) is 14.4. The second kappa shape index (κ2) is 7.05. The molecular weight excluding hydrogens is 342 g/mol. The Kier molecular flexibility index (Phi) is 4.44. The van der Waals surface area contributed by atoms with E-state index in [0.29, 0.717) is 18.9 Å². The van der Waals surface area contributed by atoms with Crippen LogP contribution < -0.4 is 4.90 Å². The number of rotatable bonds is 5. The highest BCUT2D eigenvalue weighted by Gasteiger charge is 2.20. The molecule has 0 amide bonds. The van der Waals surface area contributed by atoms with Crippen molar-refractivity contribution in [1.82, 2.24) is 14.5 Å². The molecule has 1 saturated heterocycles. The largest absolute Gasteiger partial charge is 0.378 e. The fourth-order valence-electron chi connectivity index (χ4n) is 3.48. The third-order valence-electron chi connectivity index (χ3n) is 4.75. The van der Waals surface area contributed by atoms with Gasteiger partial charge in [0.2, 0.25) is 6.29 Å². The summed E-state index contributed by atoms with van der Waals surface area (Å²) in [5, 5.41) is 10.5. The molecule has 1 fully saturated rings. The van der Waals surface area contributed by atoms with Crippen molar-refractivity contribution in [3.63, 3.8) is 0 Å². The number of nitrogens with one attached hydrogen (secondary N) is 1. The summed E-state index contributed by atoms with van der Waals surface area (Å²) in [6.07, 6.45) is 4.94. The quantitative estimate of drug-likeness (QED) is 0.707. The molecule has 0 atom stereocenters. The van der Waals surface area contributed by atoms with E-state index in [0.717, 1.165) is 40.9 Å². The van der Waals surface area contributed by atoms with Crippen LogP contribution >= 0.6 is 0 Å². The second-order valence-corrected chi connectivity index (χ2v) is 6.20. The Labute approximate surface area is 156 Å². The Morgan fingerprint density at radius 2 is 2.07 bits per heavy atom. The molecule has 0 aliphatic carbocycles. The van der Waals surface area contributed by atoms with E-state index in [1.807, 2.05) is 24.5 Å². The maximum atomic E-state index is 9.50. The van der Waals surface area contributed by atoms with Gasteiger partial charge in [0.1, 0.15) is 17.4 Å². The minimum atomic E-state index is -0.629. The van der Waals surface area contributed by atoms with Gasteiger partial charge in [-0.3, -0.25) is 14.6 Å². The Morgan fingerprint density at radius 1 is 1.30 bits per heavy atom. The Balaban J connectivity index is 1.86. The minimum Gasteiger partial charge on any atom is -0.378 e. The lowest BCUT2D eigenvalue weighted by Crippen LogP contribution is -2.36. The molecule has 1 N–H and O–H groups in total. The molecule has 1 aliphatic heterocycles. The SMILES string of the molecule is C=NC(N=C)n1cc(-c2c[nH]c3nccc(N4CCOCC4)c23)cc1C#N. The van der Waals surface area contributed by atoms with Crippen molar-refractivity contribution in [2.45, 2.75) is 6.29 Å². The summed E-state index contributed by atoms with van der Waals surface area (Å²) in [7, 11) is 0. The van der Waals surface area contributed by atoms with Gasteiger partial charge >= 0.3 is 0 Å². The number of pyridine rings is 1. The van der Waals surface area contributed by atoms with Crippen LogP contribution in [0.2, 0.25) is 0 Å². The molecule has 0 radical (unpaired) electrons. The van der Waals surface area contributed by atoms with Gasteiger partial charge in [-0.15, -0.1) is 0 Å². The summed E-state index contributed by atoms with van der Waals surface area (Å²) in [4.78, 5) is 17.8. The molecule has 0 bridgehead atoms. The van der Waals surface area contributed by atoms with Crippen LogP contribution in [0.5, 0.6) is 0 Å². The van der Waals surface area contributed by atoms with E-state index < -0.39 is 6.29 Å². The maximum absolute atomic E-state index is 9.50. The molecule has 0 saturated carbocycles. The number of nitriles is 1. The number of H-pyrrole nitrogens is 1. The molecule has 0 aromatic carbocycles. The number of fused-ring (bicyclic) bond motifs is 1.